The molecule has 3 nitrogen and oxygen atoms in total. The van der Waals surface area contributed by atoms with E-state index in [1.54, 1.807) is 0 Å². The molecule has 1 atom stereocenters. The molecule has 100 valence electrons. The summed E-state index contributed by atoms with van der Waals surface area (Å²) in [6.45, 7) is 6.60. The summed E-state index contributed by atoms with van der Waals surface area (Å²) in [5.74, 6) is -1.22. The van der Waals surface area contributed by atoms with Crippen LogP contribution in [-0.4, -0.2) is 23.3 Å². The molecule has 0 aliphatic rings. The Labute approximate surface area is 109 Å². The average Bonchev–Trinajstić information content (AvgIpc) is 2.30. The van der Waals surface area contributed by atoms with E-state index in [-0.39, 0.29) is 5.60 Å². The Hall–Kier alpha value is -1.35. The van der Waals surface area contributed by atoms with E-state index in [4.69, 9.17) is 4.74 Å². The van der Waals surface area contributed by atoms with Crippen molar-refractivity contribution in [2.24, 2.45) is 0 Å². The average molecular weight is 250 g/mol. The van der Waals surface area contributed by atoms with Crippen molar-refractivity contribution in [3.8, 4) is 0 Å². The molecule has 0 bridgehead atoms. The number of ether oxygens (including phenoxy) is 1. The minimum atomic E-state index is -0.770. The van der Waals surface area contributed by atoms with Crippen LogP contribution in [0, 0.1) is 0 Å². The van der Waals surface area contributed by atoms with Crippen molar-refractivity contribution in [3.63, 3.8) is 0 Å². The van der Waals surface area contributed by atoms with Gasteiger partial charge in [-0.2, -0.15) is 0 Å². The molecule has 0 fully saturated rings. The second-order valence-corrected chi connectivity index (χ2v) is 5.03. The summed E-state index contributed by atoms with van der Waals surface area (Å²) < 4.78 is 5.60. The van der Waals surface area contributed by atoms with Gasteiger partial charge in [0.2, 0.25) is 0 Å². The van der Waals surface area contributed by atoms with E-state index in [1.165, 1.54) is 0 Å². The van der Waals surface area contributed by atoms with E-state index in [0.717, 1.165) is 12.0 Å². The van der Waals surface area contributed by atoms with Crippen molar-refractivity contribution in [2.45, 2.75) is 45.1 Å². The largest absolute Gasteiger partial charge is 0.481 e. The number of benzene rings is 1. The predicted octanol–water partition coefficient (Wildman–Crippen LogP) is 3.45. The van der Waals surface area contributed by atoms with Crippen LogP contribution in [0.4, 0.5) is 0 Å². The molecule has 0 radical (unpaired) electrons. The fourth-order valence-electron chi connectivity index (χ4n) is 2.07. The van der Waals surface area contributed by atoms with Crippen molar-refractivity contribution in [1.82, 2.24) is 0 Å². The molecule has 0 aromatic heterocycles. The third-order valence-electron chi connectivity index (χ3n) is 3.07. The molecule has 1 aromatic rings. The van der Waals surface area contributed by atoms with Gasteiger partial charge < -0.3 is 9.84 Å². The lowest BCUT2D eigenvalue weighted by Crippen LogP contribution is -2.26. The van der Waals surface area contributed by atoms with Gasteiger partial charge in [0.1, 0.15) is 0 Å². The number of carboxylic acids is 1. The predicted molar refractivity (Wildman–Crippen MR) is 71.8 cm³/mol. The molecule has 0 saturated carbocycles. The minimum absolute atomic E-state index is 0.267. The van der Waals surface area contributed by atoms with E-state index in [1.807, 2.05) is 51.1 Å². The van der Waals surface area contributed by atoms with Gasteiger partial charge >= 0.3 is 5.97 Å². The van der Waals surface area contributed by atoms with E-state index in [0.29, 0.717) is 13.0 Å². The minimum Gasteiger partial charge on any atom is -0.481 e. The third-order valence-corrected chi connectivity index (χ3v) is 3.07. The van der Waals surface area contributed by atoms with Gasteiger partial charge in [-0.1, -0.05) is 30.3 Å². The molecule has 3 heteroatoms. The molecule has 0 spiro atoms. The van der Waals surface area contributed by atoms with Crippen LogP contribution in [0.5, 0.6) is 0 Å². The van der Waals surface area contributed by atoms with Gasteiger partial charge in [-0.15, -0.1) is 0 Å². The monoisotopic (exact) mass is 250 g/mol. The summed E-state index contributed by atoms with van der Waals surface area (Å²) in [5, 5.41) is 9.31. The molecule has 1 unspecified atom stereocenters. The molecular formula is C15H22O3. The maximum atomic E-state index is 11.3. The Balaban J connectivity index is 2.69. The second kappa shape index (κ2) is 6.55. The van der Waals surface area contributed by atoms with E-state index < -0.39 is 11.9 Å². The van der Waals surface area contributed by atoms with Crippen LogP contribution in [0.15, 0.2) is 30.3 Å². The van der Waals surface area contributed by atoms with E-state index in [2.05, 4.69) is 0 Å². The number of hydrogen-bond acceptors (Lipinski definition) is 2. The van der Waals surface area contributed by atoms with E-state index >= 15 is 0 Å². The van der Waals surface area contributed by atoms with Gasteiger partial charge in [0.05, 0.1) is 11.5 Å². The molecule has 0 aliphatic carbocycles. The topological polar surface area (TPSA) is 46.5 Å². The maximum absolute atomic E-state index is 11.3. The van der Waals surface area contributed by atoms with Crippen LogP contribution >= 0.6 is 0 Å². The zero-order valence-electron chi connectivity index (χ0n) is 11.3. The Morgan fingerprint density at radius 1 is 1.33 bits per heavy atom. The molecule has 1 aromatic carbocycles. The lowest BCUT2D eigenvalue weighted by molar-refractivity contribution is -0.139. The van der Waals surface area contributed by atoms with Gasteiger partial charge in [0.15, 0.2) is 0 Å². The van der Waals surface area contributed by atoms with Crippen molar-refractivity contribution in [3.05, 3.63) is 35.9 Å². The fraction of sp³-hybridized carbons (Fsp3) is 0.533. The Kier molecular flexibility index (Phi) is 5.35. The summed E-state index contributed by atoms with van der Waals surface area (Å²) in [6.07, 6.45) is 1.32. The normalized spacial score (nSPS) is 13.3. The number of hydrogen-bond donors (Lipinski definition) is 1. The highest BCUT2D eigenvalue weighted by molar-refractivity contribution is 5.75. The number of carboxylic acid groups (broad SMARTS) is 1. The van der Waals surface area contributed by atoms with Gasteiger partial charge in [-0.25, -0.2) is 0 Å². The van der Waals surface area contributed by atoms with Crippen molar-refractivity contribution >= 4 is 5.97 Å². The van der Waals surface area contributed by atoms with Crippen LogP contribution in [0.2, 0.25) is 0 Å². The Bertz CT molecular complexity index is 371. The fourth-order valence-corrected chi connectivity index (χ4v) is 2.07. The molecular weight excluding hydrogens is 228 g/mol. The SMILES string of the molecule is CCOC(C)(C)CCC(C(=O)O)c1ccccc1. The van der Waals surface area contributed by atoms with Gasteiger partial charge in [0.25, 0.3) is 0 Å². The zero-order chi connectivity index (χ0) is 13.6. The Morgan fingerprint density at radius 2 is 1.94 bits per heavy atom. The number of carbonyl (C=O) groups is 1. The van der Waals surface area contributed by atoms with Gasteiger partial charge in [-0.05, 0) is 39.2 Å². The quantitative estimate of drug-likeness (QED) is 0.806. The smallest absolute Gasteiger partial charge is 0.310 e. The van der Waals surface area contributed by atoms with Crippen molar-refractivity contribution in [2.75, 3.05) is 6.61 Å². The van der Waals surface area contributed by atoms with E-state index in [9.17, 15) is 9.90 Å². The van der Waals surface area contributed by atoms with Crippen molar-refractivity contribution < 1.29 is 14.6 Å². The van der Waals surface area contributed by atoms with Crippen LogP contribution in [0.1, 0.15) is 45.1 Å². The summed E-state index contributed by atoms with van der Waals surface area (Å²) >= 11 is 0. The van der Waals surface area contributed by atoms with Gasteiger partial charge in [-0.3, -0.25) is 4.79 Å². The molecule has 0 saturated heterocycles. The lowest BCUT2D eigenvalue weighted by Gasteiger charge is -2.26. The molecule has 0 amide bonds. The summed E-state index contributed by atoms with van der Waals surface area (Å²) in [7, 11) is 0. The first-order valence-corrected chi connectivity index (χ1v) is 6.38. The molecule has 18 heavy (non-hydrogen) atoms. The molecule has 1 N–H and O–H groups in total. The highest BCUT2D eigenvalue weighted by Gasteiger charge is 2.25. The maximum Gasteiger partial charge on any atom is 0.310 e. The second-order valence-electron chi connectivity index (χ2n) is 5.03. The first-order chi connectivity index (χ1) is 8.46. The van der Waals surface area contributed by atoms with Crippen molar-refractivity contribution in [1.29, 1.82) is 0 Å². The zero-order valence-corrected chi connectivity index (χ0v) is 11.3. The highest BCUT2D eigenvalue weighted by Crippen LogP contribution is 2.26. The summed E-state index contributed by atoms with van der Waals surface area (Å²) in [6, 6.07) is 9.38. The molecule has 0 heterocycles. The Morgan fingerprint density at radius 3 is 2.44 bits per heavy atom. The molecule has 0 aliphatic heterocycles. The first-order valence-electron chi connectivity index (χ1n) is 6.38. The third kappa shape index (κ3) is 4.49. The summed E-state index contributed by atoms with van der Waals surface area (Å²) in [4.78, 5) is 11.3. The molecule has 1 rings (SSSR count). The number of aliphatic carboxylic acids is 1. The lowest BCUT2D eigenvalue weighted by atomic mass is 9.90. The highest BCUT2D eigenvalue weighted by atomic mass is 16.5. The van der Waals surface area contributed by atoms with Crippen LogP contribution in [0.3, 0.4) is 0 Å². The standard InChI is InChI=1S/C15H22O3/c1-4-18-15(2,3)11-10-13(14(16)17)12-8-6-5-7-9-12/h5-9,13H,4,10-11H2,1-3H3,(H,16,17). The van der Waals surface area contributed by atoms with Crippen LogP contribution in [0.25, 0.3) is 0 Å². The van der Waals surface area contributed by atoms with Crippen LogP contribution < -0.4 is 0 Å². The first kappa shape index (κ1) is 14.7. The van der Waals surface area contributed by atoms with Crippen LogP contribution in [-0.2, 0) is 9.53 Å². The number of rotatable bonds is 7. The summed E-state index contributed by atoms with van der Waals surface area (Å²) in [5.41, 5.74) is 0.592. The van der Waals surface area contributed by atoms with Gasteiger partial charge in [0, 0.05) is 6.61 Å².